The molecule has 2 rings (SSSR count). The van der Waals surface area contributed by atoms with Crippen molar-refractivity contribution in [3.8, 4) is 0 Å². The predicted octanol–water partition coefficient (Wildman–Crippen LogP) is 0.713. The van der Waals surface area contributed by atoms with Gasteiger partial charge in [-0.1, -0.05) is 19.3 Å². The zero-order valence-electron chi connectivity index (χ0n) is 11.1. The highest BCUT2D eigenvalue weighted by molar-refractivity contribution is 7.94. The maximum absolute atomic E-state index is 12.0. The second kappa shape index (κ2) is 5.63. The minimum absolute atomic E-state index is 0.0195. The van der Waals surface area contributed by atoms with Crippen LogP contribution in [0.5, 0.6) is 0 Å². The van der Waals surface area contributed by atoms with Crippen LogP contribution in [0, 0.1) is 5.41 Å². The number of carbonyl (C=O) groups is 1. The molecule has 108 valence electrons. The van der Waals surface area contributed by atoms with Crippen molar-refractivity contribution in [3.05, 3.63) is 11.5 Å². The van der Waals surface area contributed by atoms with E-state index in [1.54, 1.807) is 6.08 Å². The fourth-order valence-electron chi connectivity index (χ4n) is 3.02. The highest BCUT2D eigenvalue weighted by Crippen LogP contribution is 2.38. The third-order valence-electron chi connectivity index (χ3n) is 4.16. The van der Waals surface area contributed by atoms with Gasteiger partial charge in [-0.05, 0) is 30.9 Å². The summed E-state index contributed by atoms with van der Waals surface area (Å²) in [7, 11) is -3.11. The Morgan fingerprint density at radius 1 is 1.32 bits per heavy atom. The Morgan fingerprint density at radius 3 is 2.53 bits per heavy atom. The van der Waals surface area contributed by atoms with Gasteiger partial charge < -0.3 is 11.1 Å². The van der Waals surface area contributed by atoms with Crippen LogP contribution >= 0.6 is 0 Å². The summed E-state index contributed by atoms with van der Waals surface area (Å²) in [4.78, 5) is 12.0. The van der Waals surface area contributed by atoms with Gasteiger partial charge in [0.1, 0.15) is 0 Å². The lowest BCUT2D eigenvalue weighted by Crippen LogP contribution is -2.42. The summed E-state index contributed by atoms with van der Waals surface area (Å²) in [5, 5.41) is 3.96. The van der Waals surface area contributed by atoms with Crippen molar-refractivity contribution in [2.24, 2.45) is 11.1 Å². The van der Waals surface area contributed by atoms with Gasteiger partial charge in [0.2, 0.25) is 5.91 Å². The number of nitrogens with one attached hydrogen (secondary N) is 1. The molecular weight excluding hydrogens is 264 g/mol. The van der Waals surface area contributed by atoms with Crippen molar-refractivity contribution in [1.29, 1.82) is 0 Å². The molecule has 1 aliphatic heterocycles. The fraction of sp³-hybridized carbons (Fsp3) is 0.769. The number of hydrogen-bond acceptors (Lipinski definition) is 4. The molecule has 1 saturated carbocycles. The van der Waals surface area contributed by atoms with Crippen LogP contribution in [-0.2, 0) is 14.6 Å². The first-order valence-electron chi connectivity index (χ1n) is 6.85. The molecule has 0 aromatic carbocycles. The minimum Gasteiger partial charge on any atom is -0.349 e. The first-order valence-corrected chi connectivity index (χ1v) is 8.57. The molecule has 0 aromatic rings. The third kappa shape index (κ3) is 3.79. The monoisotopic (exact) mass is 286 g/mol. The van der Waals surface area contributed by atoms with Crippen LogP contribution in [0.2, 0.25) is 0 Å². The smallest absolute Gasteiger partial charge is 0.221 e. The first-order chi connectivity index (χ1) is 8.95. The molecule has 1 fully saturated rings. The van der Waals surface area contributed by atoms with Gasteiger partial charge in [0.15, 0.2) is 9.84 Å². The second-order valence-electron chi connectivity index (χ2n) is 5.77. The lowest BCUT2D eigenvalue weighted by Gasteiger charge is -2.35. The molecular formula is C13H22N2O3S. The van der Waals surface area contributed by atoms with E-state index >= 15 is 0 Å². The van der Waals surface area contributed by atoms with E-state index < -0.39 is 9.84 Å². The summed E-state index contributed by atoms with van der Waals surface area (Å²) < 4.78 is 22.5. The molecule has 0 radical (unpaired) electrons. The van der Waals surface area contributed by atoms with E-state index in [0.717, 1.165) is 25.7 Å². The van der Waals surface area contributed by atoms with Gasteiger partial charge in [-0.25, -0.2) is 8.42 Å². The first kappa shape index (κ1) is 14.5. The van der Waals surface area contributed by atoms with E-state index in [0.29, 0.717) is 13.0 Å². The number of sulfone groups is 1. The minimum atomic E-state index is -3.11. The van der Waals surface area contributed by atoms with E-state index in [9.17, 15) is 13.2 Å². The Morgan fingerprint density at radius 2 is 2.00 bits per heavy atom. The van der Waals surface area contributed by atoms with Crippen molar-refractivity contribution in [1.82, 2.24) is 5.32 Å². The second-order valence-corrected chi connectivity index (χ2v) is 7.70. The summed E-state index contributed by atoms with van der Waals surface area (Å²) in [5.74, 6) is -0.104. The molecule has 1 aliphatic carbocycles. The summed E-state index contributed by atoms with van der Waals surface area (Å²) in [5.41, 5.74) is 5.77. The number of hydrogen-bond donors (Lipinski definition) is 2. The number of carbonyl (C=O) groups excluding carboxylic acids is 1. The maximum Gasteiger partial charge on any atom is 0.221 e. The zero-order valence-corrected chi connectivity index (χ0v) is 11.9. The van der Waals surface area contributed by atoms with E-state index in [1.807, 2.05) is 0 Å². The summed E-state index contributed by atoms with van der Waals surface area (Å²) in [6, 6.07) is -0.379. The van der Waals surface area contributed by atoms with Crippen LogP contribution in [-0.4, -0.2) is 32.7 Å². The van der Waals surface area contributed by atoms with Gasteiger partial charge in [-0.3, -0.25) is 4.79 Å². The van der Waals surface area contributed by atoms with E-state index in [4.69, 9.17) is 5.73 Å². The Kier molecular flexibility index (Phi) is 4.30. The summed E-state index contributed by atoms with van der Waals surface area (Å²) >= 11 is 0. The van der Waals surface area contributed by atoms with Gasteiger partial charge in [-0.15, -0.1) is 0 Å². The lowest BCUT2D eigenvalue weighted by molar-refractivity contribution is -0.124. The molecule has 0 saturated heterocycles. The normalized spacial score (nSPS) is 28.2. The van der Waals surface area contributed by atoms with Crippen molar-refractivity contribution in [2.75, 3.05) is 12.3 Å². The number of nitrogens with two attached hydrogens (primary N) is 1. The molecule has 5 nitrogen and oxygen atoms in total. The van der Waals surface area contributed by atoms with Crippen molar-refractivity contribution >= 4 is 15.7 Å². The molecule has 19 heavy (non-hydrogen) atoms. The van der Waals surface area contributed by atoms with E-state index in [2.05, 4.69) is 5.32 Å². The van der Waals surface area contributed by atoms with Gasteiger partial charge in [-0.2, -0.15) is 0 Å². The van der Waals surface area contributed by atoms with Gasteiger partial charge in [0.05, 0.1) is 11.8 Å². The topological polar surface area (TPSA) is 89.3 Å². The predicted molar refractivity (Wildman–Crippen MR) is 74.0 cm³/mol. The largest absolute Gasteiger partial charge is 0.349 e. The molecule has 6 heteroatoms. The number of rotatable bonds is 4. The van der Waals surface area contributed by atoms with Crippen LogP contribution in [0.3, 0.4) is 0 Å². The lowest BCUT2D eigenvalue weighted by atomic mass is 9.71. The molecule has 0 spiro atoms. The molecule has 3 N–H and O–H groups in total. The Hall–Kier alpha value is -0.880. The van der Waals surface area contributed by atoms with Crippen molar-refractivity contribution in [2.45, 2.75) is 44.6 Å². The third-order valence-corrected chi connectivity index (χ3v) is 5.55. The average Bonchev–Trinajstić information content (AvgIpc) is 2.69. The molecule has 2 aliphatic rings. The Balaban J connectivity index is 1.89. The standard InChI is InChI=1S/C13H22N2O3S/c14-10-13(5-2-1-3-6-13)8-12(16)15-11-4-7-19(17,18)9-11/h4,7,11H,1-3,5-6,8-10,14H2,(H,15,16). The maximum atomic E-state index is 12.0. The van der Waals surface area contributed by atoms with Crippen LogP contribution in [0.1, 0.15) is 38.5 Å². The quantitative estimate of drug-likeness (QED) is 0.796. The van der Waals surface area contributed by atoms with Crippen LogP contribution in [0.15, 0.2) is 11.5 Å². The molecule has 1 heterocycles. The molecule has 1 amide bonds. The number of amides is 1. The van der Waals surface area contributed by atoms with Crippen LogP contribution in [0.25, 0.3) is 0 Å². The van der Waals surface area contributed by atoms with Crippen LogP contribution < -0.4 is 11.1 Å². The van der Waals surface area contributed by atoms with Crippen molar-refractivity contribution in [3.63, 3.8) is 0 Å². The molecule has 1 unspecified atom stereocenters. The summed E-state index contributed by atoms with van der Waals surface area (Å²) in [6.45, 7) is 0.527. The summed E-state index contributed by atoms with van der Waals surface area (Å²) in [6.07, 6.45) is 7.42. The molecule has 0 aromatic heterocycles. The van der Waals surface area contributed by atoms with Crippen LogP contribution in [0.4, 0.5) is 0 Å². The van der Waals surface area contributed by atoms with Crippen molar-refractivity contribution < 1.29 is 13.2 Å². The van der Waals surface area contributed by atoms with Gasteiger partial charge in [0, 0.05) is 11.8 Å². The SMILES string of the molecule is NCC1(CC(=O)NC2C=CS(=O)(=O)C2)CCCCC1. The average molecular weight is 286 g/mol. The fourth-order valence-corrected chi connectivity index (χ4v) is 4.25. The molecule has 0 bridgehead atoms. The zero-order chi connectivity index (χ0) is 13.9. The van der Waals surface area contributed by atoms with E-state index in [1.165, 1.54) is 11.8 Å². The highest BCUT2D eigenvalue weighted by Gasteiger charge is 2.34. The van der Waals surface area contributed by atoms with Gasteiger partial charge in [0.25, 0.3) is 0 Å². The Labute approximate surface area is 114 Å². The van der Waals surface area contributed by atoms with Gasteiger partial charge >= 0.3 is 0 Å². The Bertz CT molecular complexity index is 464. The highest BCUT2D eigenvalue weighted by atomic mass is 32.2. The van der Waals surface area contributed by atoms with E-state index in [-0.39, 0.29) is 23.1 Å². The molecule has 1 atom stereocenters.